The summed E-state index contributed by atoms with van der Waals surface area (Å²) < 4.78 is 5.17. The zero-order valence-corrected chi connectivity index (χ0v) is 9.12. The SMILES string of the molecule is CC(C)(C)OC(=O)N1CCCC[C@H]1O. The van der Waals surface area contributed by atoms with Gasteiger partial charge in [-0.15, -0.1) is 0 Å². The molecule has 1 amide bonds. The molecular weight excluding hydrogens is 182 g/mol. The Morgan fingerprint density at radius 3 is 2.57 bits per heavy atom. The summed E-state index contributed by atoms with van der Waals surface area (Å²) in [4.78, 5) is 13.0. The van der Waals surface area contributed by atoms with Gasteiger partial charge in [0.15, 0.2) is 0 Å². The van der Waals surface area contributed by atoms with E-state index < -0.39 is 17.9 Å². The Kier molecular flexibility index (Phi) is 3.37. The highest BCUT2D eigenvalue weighted by molar-refractivity contribution is 5.68. The molecular formula is C10H19NO3. The van der Waals surface area contributed by atoms with Crippen molar-refractivity contribution in [2.75, 3.05) is 6.54 Å². The number of carbonyl (C=O) groups excluding carboxylic acids is 1. The monoisotopic (exact) mass is 201 g/mol. The van der Waals surface area contributed by atoms with Crippen LogP contribution < -0.4 is 0 Å². The predicted molar refractivity (Wildman–Crippen MR) is 52.8 cm³/mol. The van der Waals surface area contributed by atoms with Gasteiger partial charge in [0.2, 0.25) is 0 Å². The summed E-state index contributed by atoms with van der Waals surface area (Å²) in [6, 6.07) is 0. The molecule has 0 unspecified atom stereocenters. The van der Waals surface area contributed by atoms with E-state index in [0.29, 0.717) is 13.0 Å². The molecule has 4 heteroatoms. The number of nitrogens with zero attached hydrogens (tertiary/aromatic N) is 1. The summed E-state index contributed by atoms with van der Waals surface area (Å²) in [5.41, 5.74) is -0.492. The number of amides is 1. The molecule has 0 aromatic heterocycles. The average molecular weight is 201 g/mol. The van der Waals surface area contributed by atoms with Gasteiger partial charge in [0.1, 0.15) is 11.8 Å². The summed E-state index contributed by atoms with van der Waals surface area (Å²) in [6.45, 7) is 6.06. The van der Waals surface area contributed by atoms with Gasteiger partial charge in [-0.3, -0.25) is 4.90 Å². The molecule has 0 aliphatic carbocycles. The molecule has 4 nitrogen and oxygen atoms in total. The molecule has 1 aliphatic rings. The summed E-state index contributed by atoms with van der Waals surface area (Å²) in [6.07, 6.45) is 1.49. The van der Waals surface area contributed by atoms with Crippen molar-refractivity contribution in [3.05, 3.63) is 0 Å². The summed E-state index contributed by atoms with van der Waals surface area (Å²) >= 11 is 0. The summed E-state index contributed by atoms with van der Waals surface area (Å²) in [5, 5.41) is 9.56. The van der Waals surface area contributed by atoms with Gasteiger partial charge in [0.25, 0.3) is 0 Å². The fourth-order valence-electron chi connectivity index (χ4n) is 1.45. The second-order valence-corrected chi connectivity index (χ2v) is 4.65. The number of likely N-dealkylation sites (tertiary alicyclic amines) is 1. The van der Waals surface area contributed by atoms with Crippen LogP contribution in [0.15, 0.2) is 0 Å². The molecule has 1 aliphatic heterocycles. The summed E-state index contributed by atoms with van der Waals surface area (Å²) in [5.74, 6) is 0. The highest BCUT2D eigenvalue weighted by Crippen LogP contribution is 2.18. The number of hydrogen-bond acceptors (Lipinski definition) is 3. The van der Waals surface area contributed by atoms with Crippen LogP contribution in [0.2, 0.25) is 0 Å². The molecule has 1 fully saturated rings. The molecule has 1 N–H and O–H groups in total. The van der Waals surface area contributed by atoms with Crippen molar-refractivity contribution >= 4 is 6.09 Å². The molecule has 0 saturated carbocycles. The van der Waals surface area contributed by atoms with Crippen LogP contribution in [0.3, 0.4) is 0 Å². The Balaban J connectivity index is 2.50. The van der Waals surface area contributed by atoms with Gasteiger partial charge < -0.3 is 9.84 Å². The third-order valence-electron chi connectivity index (χ3n) is 2.10. The zero-order valence-electron chi connectivity index (χ0n) is 9.12. The quantitative estimate of drug-likeness (QED) is 0.649. The van der Waals surface area contributed by atoms with Crippen LogP contribution in [0.1, 0.15) is 40.0 Å². The Bertz CT molecular complexity index is 210. The largest absolute Gasteiger partial charge is 0.444 e. The first-order chi connectivity index (χ1) is 6.40. The minimum absolute atomic E-state index is 0.412. The lowest BCUT2D eigenvalue weighted by atomic mass is 10.1. The Morgan fingerprint density at radius 1 is 1.43 bits per heavy atom. The maximum Gasteiger partial charge on any atom is 0.412 e. The smallest absolute Gasteiger partial charge is 0.412 e. The number of hydrogen-bond donors (Lipinski definition) is 1. The van der Waals surface area contributed by atoms with Gasteiger partial charge in [-0.05, 0) is 40.0 Å². The van der Waals surface area contributed by atoms with Gasteiger partial charge >= 0.3 is 6.09 Å². The van der Waals surface area contributed by atoms with Crippen molar-refractivity contribution in [3.63, 3.8) is 0 Å². The van der Waals surface area contributed by atoms with E-state index in [1.54, 1.807) is 0 Å². The fraction of sp³-hybridized carbons (Fsp3) is 0.900. The zero-order chi connectivity index (χ0) is 10.8. The number of aliphatic hydroxyl groups excluding tert-OH is 1. The fourth-order valence-corrected chi connectivity index (χ4v) is 1.45. The average Bonchev–Trinajstić information content (AvgIpc) is 2.01. The number of rotatable bonds is 0. The number of ether oxygens (including phenoxy) is 1. The van der Waals surface area contributed by atoms with Crippen molar-refractivity contribution in [3.8, 4) is 0 Å². The van der Waals surface area contributed by atoms with Gasteiger partial charge in [-0.2, -0.15) is 0 Å². The normalized spacial score (nSPS) is 23.4. The third-order valence-corrected chi connectivity index (χ3v) is 2.10. The molecule has 1 heterocycles. The first-order valence-electron chi connectivity index (χ1n) is 5.08. The Morgan fingerprint density at radius 2 is 2.07 bits per heavy atom. The lowest BCUT2D eigenvalue weighted by molar-refractivity contribution is -0.0450. The maximum absolute atomic E-state index is 11.6. The Hall–Kier alpha value is -0.770. The van der Waals surface area contributed by atoms with Gasteiger partial charge in [0, 0.05) is 6.54 Å². The first-order valence-corrected chi connectivity index (χ1v) is 5.08. The van der Waals surface area contributed by atoms with Crippen LogP contribution in [0.5, 0.6) is 0 Å². The first kappa shape index (κ1) is 11.3. The minimum Gasteiger partial charge on any atom is -0.444 e. The molecule has 0 radical (unpaired) electrons. The van der Waals surface area contributed by atoms with Gasteiger partial charge in [-0.25, -0.2) is 4.79 Å². The van der Waals surface area contributed by atoms with Crippen molar-refractivity contribution in [1.29, 1.82) is 0 Å². The summed E-state index contributed by atoms with van der Waals surface area (Å²) in [7, 11) is 0. The topological polar surface area (TPSA) is 49.8 Å². The number of piperidine rings is 1. The second-order valence-electron chi connectivity index (χ2n) is 4.65. The lowest BCUT2D eigenvalue weighted by Crippen LogP contribution is -2.46. The van der Waals surface area contributed by atoms with Crippen LogP contribution in [0.4, 0.5) is 4.79 Å². The van der Waals surface area contributed by atoms with Crippen molar-refractivity contribution < 1.29 is 14.6 Å². The predicted octanol–water partition coefficient (Wildman–Crippen LogP) is 1.73. The lowest BCUT2D eigenvalue weighted by Gasteiger charge is -2.33. The van der Waals surface area contributed by atoms with E-state index in [4.69, 9.17) is 4.74 Å². The second kappa shape index (κ2) is 4.17. The van der Waals surface area contributed by atoms with Gasteiger partial charge in [-0.1, -0.05) is 0 Å². The maximum atomic E-state index is 11.6. The van der Waals surface area contributed by atoms with E-state index >= 15 is 0 Å². The van der Waals surface area contributed by atoms with E-state index in [9.17, 15) is 9.90 Å². The van der Waals surface area contributed by atoms with Crippen LogP contribution in [-0.4, -0.2) is 34.5 Å². The minimum atomic E-state index is -0.668. The molecule has 0 aromatic carbocycles. The molecule has 1 rings (SSSR count). The molecule has 0 spiro atoms. The molecule has 0 bridgehead atoms. The number of carbonyl (C=O) groups is 1. The van der Waals surface area contributed by atoms with Crippen LogP contribution in [0, 0.1) is 0 Å². The number of aliphatic hydroxyl groups is 1. The molecule has 1 atom stereocenters. The van der Waals surface area contributed by atoms with Crippen molar-refractivity contribution in [2.45, 2.75) is 51.9 Å². The van der Waals surface area contributed by atoms with E-state index in [-0.39, 0.29) is 0 Å². The van der Waals surface area contributed by atoms with Crippen LogP contribution in [-0.2, 0) is 4.74 Å². The van der Waals surface area contributed by atoms with Crippen LogP contribution in [0.25, 0.3) is 0 Å². The van der Waals surface area contributed by atoms with Gasteiger partial charge in [0.05, 0.1) is 0 Å². The highest BCUT2D eigenvalue weighted by Gasteiger charge is 2.28. The van der Waals surface area contributed by atoms with E-state index in [1.165, 1.54) is 4.90 Å². The third kappa shape index (κ3) is 3.18. The van der Waals surface area contributed by atoms with E-state index in [2.05, 4.69) is 0 Å². The molecule has 82 valence electrons. The molecule has 1 saturated heterocycles. The van der Waals surface area contributed by atoms with E-state index in [0.717, 1.165) is 12.8 Å². The van der Waals surface area contributed by atoms with Crippen molar-refractivity contribution in [1.82, 2.24) is 4.90 Å². The standard InChI is InChI=1S/C10H19NO3/c1-10(2,3)14-9(13)11-7-5-4-6-8(11)12/h8,12H,4-7H2,1-3H3/t8-/m1/s1. The van der Waals surface area contributed by atoms with Crippen molar-refractivity contribution in [2.24, 2.45) is 0 Å². The molecule has 14 heavy (non-hydrogen) atoms. The molecule has 0 aromatic rings. The Labute approximate surface area is 84.8 Å². The van der Waals surface area contributed by atoms with E-state index in [1.807, 2.05) is 20.8 Å². The van der Waals surface area contributed by atoms with Crippen LogP contribution >= 0.6 is 0 Å². The highest BCUT2D eigenvalue weighted by atomic mass is 16.6.